The Labute approximate surface area is 145 Å². The Morgan fingerprint density at radius 2 is 2.24 bits per heavy atom. The molecule has 1 fully saturated rings. The average molecular weight is 340 g/mol. The van der Waals surface area contributed by atoms with Crippen LogP contribution in [0.1, 0.15) is 24.1 Å². The molecule has 3 heterocycles. The van der Waals surface area contributed by atoms with E-state index in [4.69, 9.17) is 9.57 Å². The lowest BCUT2D eigenvalue weighted by molar-refractivity contribution is -0.128. The molecule has 0 aliphatic carbocycles. The van der Waals surface area contributed by atoms with Crippen LogP contribution in [-0.2, 0) is 9.63 Å². The number of benzene rings is 1. The van der Waals surface area contributed by atoms with Gasteiger partial charge in [0.1, 0.15) is 18.4 Å². The Morgan fingerprint density at radius 1 is 1.36 bits per heavy atom. The Bertz CT molecular complexity index is 843. The van der Waals surface area contributed by atoms with E-state index in [1.54, 1.807) is 13.4 Å². The molecular formula is C18H20N4O3. The summed E-state index contributed by atoms with van der Waals surface area (Å²) in [5.74, 6) is 1.62. The highest BCUT2D eigenvalue weighted by Crippen LogP contribution is 2.28. The average Bonchev–Trinajstić information content (AvgIpc) is 3.07. The van der Waals surface area contributed by atoms with Gasteiger partial charge in [0.15, 0.2) is 11.6 Å². The Morgan fingerprint density at radius 3 is 3.00 bits per heavy atom. The molecule has 1 aromatic carbocycles. The van der Waals surface area contributed by atoms with Crippen molar-refractivity contribution in [1.82, 2.24) is 14.5 Å². The molecule has 0 unspecified atom stereocenters. The van der Waals surface area contributed by atoms with Crippen molar-refractivity contribution in [2.45, 2.75) is 25.8 Å². The molecular weight excluding hydrogens is 320 g/mol. The van der Waals surface area contributed by atoms with E-state index >= 15 is 0 Å². The maximum atomic E-state index is 12.2. The lowest BCUT2D eigenvalue weighted by atomic mass is 9.99. The van der Waals surface area contributed by atoms with Gasteiger partial charge in [-0.2, -0.15) is 0 Å². The second-order valence-corrected chi connectivity index (χ2v) is 6.30. The van der Waals surface area contributed by atoms with Crippen LogP contribution in [0, 0.1) is 6.92 Å². The van der Waals surface area contributed by atoms with Gasteiger partial charge in [0.05, 0.1) is 24.8 Å². The van der Waals surface area contributed by atoms with E-state index in [1.165, 1.54) is 0 Å². The molecule has 2 aromatic rings. The van der Waals surface area contributed by atoms with Gasteiger partial charge in [0, 0.05) is 24.7 Å². The summed E-state index contributed by atoms with van der Waals surface area (Å²) in [5, 5.41) is 4.22. The summed E-state index contributed by atoms with van der Waals surface area (Å²) in [5.41, 5.74) is 2.71. The molecule has 1 aromatic heterocycles. The predicted molar refractivity (Wildman–Crippen MR) is 92.1 cm³/mol. The summed E-state index contributed by atoms with van der Waals surface area (Å²) in [6.45, 7) is 3.08. The summed E-state index contributed by atoms with van der Waals surface area (Å²) < 4.78 is 7.49. The number of methoxy groups -OCH3 is 1. The van der Waals surface area contributed by atoms with Crippen LogP contribution in [0.25, 0.3) is 5.69 Å². The van der Waals surface area contributed by atoms with E-state index in [1.807, 2.05) is 40.8 Å². The van der Waals surface area contributed by atoms with Gasteiger partial charge in [-0.25, -0.2) is 4.98 Å². The summed E-state index contributed by atoms with van der Waals surface area (Å²) in [6.07, 6.45) is 5.16. The van der Waals surface area contributed by atoms with Crippen LogP contribution in [0.15, 0.2) is 35.9 Å². The summed E-state index contributed by atoms with van der Waals surface area (Å²) >= 11 is 0. The van der Waals surface area contributed by atoms with E-state index in [0.717, 1.165) is 29.9 Å². The third-order valence-electron chi connectivity index (χ3n) is 4.65. The number of carbonyl (C=O) groups is 1. The fourth-order valence-electron chi connectivity index (χ4n) is 3.38. The van der Waals surface area contributed by atoms with Crippen LogP contribution in [0.3, 0.4) is 0 Å². The van der Waals surface area contributed by atoms with E-state index < -0.39 is 0 Å². The van der Waals surface area contributed by atoms with Gasteiger partial charge in [0.2, 0.25) is 0 Å². The van der Waals surface area contributed by atoms with Crippen LogP contribution in [0.2, 0.25) is 0 Å². The third-order valence-corrected chi connectivity index (χ3v) is 4.65. The van der Waals surface area contributed by atoms with E-state index in [0.29, 0.717) is 24.6 Å². The highest BCUT2D eigenvalue weighted by Gasteiger charge is 2.36. The van der Waals surface area contributed by atoms with Crippen molar-refractivity contribution in [1.29, 1.82) is 0 Å². The summed E-state index contributed by atoms with van der Waals surface area (Å²) in [6, 6.07) is 5.63. The lowest BCUT2D eigenvalue weighted by Crippen LogP contribution is -2.53. The minimum atomic E-state index is -0.233. The predicted octanol–water partition coefficient (Wildman–Crippen LogP) is 1.91. The Kier molecular flexibility index (Phi) is 3.91. The number of aryl methyl sites for hydroxylation is 1. The van der Waals surface area contributed by atoms with Gasteiger partial charge in [-0.05, 0) is 31.5 Å². The number of carbonyl (C=O) groups excluding carboxylic acids is 1. The molecule has 0 spiro atoms. The quantitative estimate of drug-likeness (QED) is 0.854. The first-order valence-electron chi connectivity index (χ1n) is 8.36. The number of piperidine rings is 1. The molecule has 0 saturated carbocycles. The van der Waals surface area contributed by atoms with Crippen molar-refractivity contribution in [3.63, 3.8) is 0 Å². The fraction of sp³-hybridized carbons (Fsp3) is 0.389. The topological polar surface area (TPSA) is 69.0 Å². The first kappa shape index (κ1) is 15.7. The van der Waals surface area contributed by atoms with E-state index in [-0.39, 0.29) is 11.8 Å². The normalized spacial score (nSPS) is 19.9. The zero-order chi connectivity index (χ0) is 17.4. The van der Waals surface area contributed by atoms with Crippen LogP contribution in [-0.4, -0.2) is 52.4 Å². The number of amidine groups is 1. The zero-order valence-electron chi connectivity index (χ0n) is 14.3. The molecule has 2 aliphatic rings. The second-order valence-electron chi connectivity index (χ2n) is 6.30. The van der Waals surface area contributed by atoms with Crippen LogP contribution >= 0.6 is 0 Å². The van der Waals surface area contributed by atoms with Gasteiger partial charge in [0.25, 0.3) is 0 Å². The SMILES string of the molecule is COc1cc(C2=NOC[C@H]3C(=O)CCCN23)ccc1-n1cnc(C)c1. The Balaban J connectivity index is 1.71. The van der Waals surface area contributed by atoms with Gasteiger partial charge < -0.3 is 19.0 Å². The van der Waals surface area contributed by atoms with Gasteiger partial charge in [-0.1, -0.05) is 5.16 Å². The molecule has 0 bridgehead atoms. The molecule has 0 N–H and O–H groups in total. The highest BCUT2D eigenvalue weighted by atomic mass is 16.6. The number of aromatic nitrogens is 2. The number of nitrogens with zero attached hydrogens (tertiary/aromatic N) is 4. The molecule has 130 valence electrons. The number of rotatable bonds is 3. The minimum absolute atomic E-state index is 0.219. The van der Waals surface area contributed by atoms with Crippen molar-refractivity contribution in [3.8, 4) is 11.4 Å². The number of ketones is 1. The maximum Gasteiger partial charge on any atom is 0.176 e. The van der Waals surface area contributed by atoms with E-state index in [9.17, 15) is 4.79 Å². The number of imidazole rings is 1. The van der Waals surface area contributed by atoms with Crippen molar-refractivity contribution in [2.75, 3.05) is 20.3 Å². The smallest absolute Gasteiger partial charge is 0.176 e. The highest BCUT2D eigenvalue weighted by molar-refractivity contribution is 6.02. The second kappa shape index (κ2) is 6.23. The van der Waals surface area contributed by atoms with Crippen molar-refractivity contribution in [3.05, 3.63) is 42.0 Å². The number of oxime groups is 1. The third kappa shape index (κ3) is 2.75. The van der Waals surface area contributed by atoms with Crippen LogP contribution < -0.4 is 4.74 Å². The van der Waals surface area contributed by atoms with Gasteiger partial charge in [-0.3, -0.25) is 4.79 Å². The van der Waals surface area contributed by atoms with E-state index in [2.05, 4.69) is 10.1 Å². The van der Waals surface area contributed by atoms with Crippen LogP contribution in [0.5, 0.6) is 5.75 Å². The molecule has 0 radical (unpaired) electrons. The minimum Gasteiger partial charge on any atom is -0.495 e. The number of hydrogen-bond acceptors (Lipinski definition) is 6. The van der Waals surface area contributed by atoms with Crippen LogP contribution in [0.4, 0.5) is 0 Å². The monoisotopic (exact) mass is 340 g/mol. The first-order valence-corrected chi connectivity index (χ1v) is 8.36. The fourth-order valence-corrected chi connectivity index (χ4v) is 3.38. The van der Waals surface area contributed by atoms with Crippen molar-refractivity contribution < 1.29 is 14.4 Å². The number of Topliss-reactive ketones (excluding diaryl/α,β-unsaturated/α-hetero) is 1. The summed E-state index contributed by atoms with van der Waals surface area (Å²) in [7, 11) is 1.64. The molecule has 1 atom stereocenters. The summed E-state index contributed by atoms with van der Waals surface area (Å²) in [4.78, 5) is 23.8. The zero-order valence-corrected chi connectivity index (χ0v) is 14.3. The largest absolute Gasteiger partial charge is 0.495 e. The van der Waals surface area contributed by atoms with Gasteiger partial charge >= 0.3 is 0 Å². The Hall–Kier alpha value is -2.83. The molecule has 1 saturated heterocycles. The number of hydrogen-bond donors (Lipinski definition) is 0. The number of fused-ring (bicyclic) bond motifs is 1. The molecule has 25 heavy (non-hydrogen) atoms. The molecule has 7 heteroatoms. The lowest BCUT2D eigenvalue weighted by Gasteiger charge is -2.38. The molecule has 2 aliphatic heterocycles. The van der Waals surface area contributed by atoms with Crippen molar-refractivity contribution in [2.24, 2.45) is 5.16 Å². The number of ether oxygens (including phenoxy) is 1. The first-order chi connectivity index (χ1) is 12.2. The maximum absolute atomic E-state index is 12.2. The van der Waals surface area contributed by atoms with Gasteiger partial charge in [-0.15, -0.1) is 0 Å². The van der Waals surface area contributed by atoms with Crippen molar-refractivity contribution >= 4 is 11.6 Å². The molecule has 0 amide bonds. The standard InChI is InChI=1S/C18H20N4O3/c1-12-9-21(11-19-12)14-6-5-13(8-17(14)24-2)18-20-25-10-15-16(23)4-3-7-22(15)18/h5-6,8-9,11,15H,3-4,7,10H2,1-2H3/t15-/m0/s1. The molecule has 4 rings (SSSR count). The molecule has 7 nitrogen and oxygen atoms in total.